The molecule has 1 aliphatic heterocycles. The average molecular weight is 435 g/mol. The number of nitrogens with zero attached hydrogens (tertiary/aromatic N) is 4. The highest BCUT2D eigenvalue weighted by atomic mass is 32.2. The minimum Gasteiger partial charge on any atom is -0.338 e. The molecule has 1 aromatic heterocycles. The van der Waals surface area contributed by atoms with Gasteiger partial charge in [0.1, 0.15) is 0 Å². The summed E-state index contributed by atoms with van der Waals surface area (Å²) in [5.41, 5.74) is 3.72. The first-order valence-corrected chi connectivity index (χ1v) is 11.8. The standard InChI is InChI=1S/C24H26N4O2S/c1-17-25-23(30-26-17)16-31-22-8-6-18(7-9-22)24(29)28-12-10-27(11-13-28)21-14-19-4-2-3-5-20(19)15-21/h2-9,21H,10-16H2,1H3. The Bertz CT molecular complexity index is 1030. The lowest BCUT2D eigenvalue weighted by atomic mass is 10.1. The monoisotopic (exact) mass is 434 g/mol. The van der Waals surface area contributed by atoms with E-state index in [-0.39, 0.29) is 5.91 Å². The summed E-state index contributed by atoms with van der Waals surface area (Å²) in [5.74, 6) is 2.01. The Morgan fingerprint density at radius 2 is 1.71 bits per heavy atom. The molecule has 31 heavy (non-hydrogen) atoms. The number of hydrogen-bond acceptors (Lipinski definition) is 6. The van der Waals surface area contributed by atoms with Crippen molar-refractivity contribution in [3.63, 3.8) is 0 Å². The molecule has 1 aliphatic carbocycles. The molecule has 0 radical (unpaired) electrons. The van der Waals surface area contributed by atoms with Gasteiger partial charge in [0.25, 0.3) is 5.91 Å². The highest BCUT2D eigenvalue weighted by molar-refractivity contribution is 7.98. The summed E-state index contributed by atoms with van der Waals surface area (Å²) < 4.78 is 5.14. The Morgan fingerprint density at radius 1 is 1.03 bits per heavy atom. The molecule has 1 amide bonds. The number of aromatic nitrogens is 2. The summed E-state index contributed by atoms with van der Waals surface area (Å²) in [5, 5.41) is 3.81. The van der Waals surface area contributed by atoms with E-state index in [1.54, 1.807) is 11.8 Å². The van der Waals surface area contributed by atoms with Crippen LogP contribution < -0.4 is 0 Å². The second-order valence-electron chi connectivity index (χ2n) is 8.21. The number of thioether (sulfide) groups is 1. The quantitative estimate of drug-likeness (QED) is 0.572. The van der Waals surface area contributed by atoms with E-state index in [4.69, 9.17) is 4.52 Å². The molecule has 7 heteroatoms. The summed E-state index contributed by atoms with van der Waals surface area (Å²) in [6, 6.07) is 17.2. The molecule has 0 spiro atoms. The van der Waals surface area contributed by atoms with Crippen molar-refractivity contribution < 1.29 is 9.32 Å². The van der Waals surface area contributed by atoms with Crippen molar-refractivity contribution >= 4 is 17.7 Å². The highest BCUT2D eigenvalue weighted by Crippen LogP contribution is 2.27. The molecule has 0 unspecified atom stereocenters. The van der Waals surface area contributed by atoms with Gasteiger partial charge in [-0.25, -0.2) is 0 Å². The van der Waals surface area contributed by atoms with Crippen LogP contribution in [0, 0.1) is 6.92 Å². The molecular formula is C24H26N4O2S. The summed E-state index contributed by atoms with van der Waals surface area (Å²) in [6.45, 7) is 5.28. The molecule has 0 saturated carbocycles. The van der Waals surface area contributed by atoms with Gasteiger partial charge in [-0.1, -0.05) is 29.4 Å². The molecule has 0 bridgehead atoms. The molecular weight excluding hydrogens is 408 g/mol. The third-order valence-electron chi connectivity index (χ3n) is 6.18. The third-order valence-corrected chi connectivity index (χ3v) is 7.18. The lowest BCUT2D eigenvalue weighted by molar-refractivity contribution is 0.0576. The van der Waals surface area contributed by atoms with Crippen LogP contribution in [0.15, 0.2) is 57.9 Å². The number of benzene rings is 2. The summed E-state index contributed by atoms with van der Waals surface area (Å²) in [4.78, 5) is 22.8. The molecule has 5 rings (SSSR count). The van der Waals surface area contributed by atoms with Crippen molar-refractivity contribution in [2.24, 2.45) is 0 Å². The second kappa shape index (κ2) is 8.85. The molecule has 1 saturated heterocycles. The van der Waals surface area contributed by atoms with Crippen LogP contribution in [-0.2, 0) is 18.6 Å². The van der Waals surface area contributed by atoms with Crippen LogP contribution in [-0.4, -0.2) is 58.1 Å². The Balaban J connectivity index is 1.13. The van der Waals surface area contributed by atoms with E-state index in [9.17, 15) is 4.79 Å². The van der Waals surface area contributed by atoms with Gasteiger partial charge >= 0.3 is 0 Å². The third kappa shape index (κ3) is 4.52. The van der Waals surface area contributed by atoms with E-state index in [1.165, 1.54) is 11.1 Å². The van der Waals surface area contributed by atoms with Crippen molar-refractivity contribution in [1.82, 2.24) is 19.9 Å². The Morgan fingerprint density at radius 3 is 2.32 bits per heavy atom. The predicted molar refractivity (Wildman–Crippen MR) is 120 cm³/mol. The molecule has 3 aromatic rings. The van der Waals surface area contributed by atoms with Gasteiger partial charge in [-0.2, -0.15) is 4.98 Å². The predicted octanol–water partition coefficient (Wildman–Crippen LogP) is 3.60. The Kier molecular flexibility index (Phi) is 5.78. The first kappa shape index (κ1) is 20.3. The van der Waals surface area contributed by atoms with Crippen molar-refractivity contribution in [2.45, 2.75) is 36.5 Å². The molecule has 0 atom stereocenters. The largest absolute Gasteiger partial charge is 0.338 e. The van der Waals surface area contributed by atoms with Gasteiger partial charge in [-0.15, -0.1) is 11.8 Å². The summed E-state index contributed by atoms with van der Waals surface area (Å²) >= 11 is 1.62. The summed E-state index contributed by atoms with van der Waals surface area (Å²) in [7, 11) is 0. The fraction of sp³-hybridized carbons (Fsp3) is 0.375. The summed E-state index contributed by atoms with van der Waals surface area (Å²) in [6.07, 6.45) is 2.26. The lowest BCUT2D eigenvalue weighted by Gasteiger charge is -2.38. The van der Waals surface area contributed by atoms with E-state index in [2.05, 4.69) is 39.3 Å². The molecule has 0 N–H and O–H groups in total. The molecule has 160 valence electrons. The number of piperazine rings is 1. The van der Waals surface area contributed by atoms with Gasteiger partial charge in [-0.3, -0.25) is 9.69 Å². The molecule has 2 aliphatic rings. The van der Waals surface area contributed by atoms with Crippen molar-refractivity contribution in [3.8, 4) is 0 Å². The topological polar surface area (TPSA) is 62.5 Å². The fourth-order valence-electron chi connectivity index (χ4n) is 4.50. The van der Waals surface area contributed by atoms with E-state index >= 15 is 0 Å². The molecule has 2 heterocycles. The molecule has 2 aromatic carbocycles. The van der Waals surface area contributed by atoms with Gasteiger partial charge in [0.05, 0.1) is 5.75 Å². The minimum atomic E-state index is 0.124. The number of aryl methyl sites for hydroxylation is 1. The van der Waals surface area contributed by atoms with Crippen LogP contribution in [0.3, 0.4) is 0 Å². The fourth-order valence-corrected chi connectivity index (χ4v) is 5.24. The highest BCUT2D eigenvalue weighted by Gasteiger charge is 2.30. The Labute approximate surface area is 186 Å². The SMILES string of the molecule is Cc1noc(CSc2ccc(C(=O)N3CCN(C4Cc5ccccc5C4)CC3)cc2)n1. The number of carbonyl (C=O) groups is 1. The van der Waals surface area contributed by atoms with Crippen molar-refractivity contribution in [3.05, 3.63) is 76.9 Å². The van der Waals surface area contributed by atoms with Crippen LogP contribution in [0.5, 0.6) is 0 Å². The Hall–Kier alpha value is -2.64. The maximum absolute atomic E-state index is 13.0. The van der Waals surface area contributed by atoms with Gasteiger partial charge < -0.3 is 9.42 Å². The second-order valence-corrected chi connectivity index (χ2v) is 9.26. The zero-order valence-corrected chi connectivity index (χ0v) is 18.5. The van der Waals surface area contributed by atoms with Gasteiger partial charge in [-0.05, 0) is 55.2 Å². The first-order chi connectivity index (χ1) is 15.2. The van der Waals surface area contributed by atoms with E-state index in [0.29, 0.717) is 23.5 Å². The van der Waals surface area contributed by atoms with Crippen LogP contribution in [0.1, 0.15) is 33.2 Å². The number of carbonyl (C=O) groups excluding carboxylic acids is 1. The van der Waals surface area contributed by atoms with Crippen LogP contribution in [0.2, 0.25) is 0 Å². The average Bonchev–Trinajstić information content (AvgIpc) is 3.43. The van der Waals surface area contributed by atoms with Crippen LogP contribution in [0.25, 0.3) is 0 Å². The van der Waals surface area contributed by atoms with Crippen molar-refractivity contribution in [1.29, 1.82) is 0 Å². The molecule has 1 fully saturated rings. The van der Waals surface area contributed by atoms with E-state index in [0.717, 1.165) is 49.5 Å². The number of hydrogen-bond donors (Lipinski definition) is 0. The van der Waals surface area contributed by atoms with Gasteiger partial charge in [0.2, 0.25) is 5.89 Å². The maximum Gasteiger partial charge on any atom is 0.253 e. The lowest BCUT2D eigenvalue weighted by Crippen LogP contribution is -2.52. The first-order valence-electron chi connectivity index (χ1n) is 10.8. The van der Waals surface area contributed by atoms with Gasteiger partial charge in [0.15, 0.2) is 5.82 Å². The zero-order chi connectivity index (χ0) is 21.2. The number of rotatable bonds is 5. The van der Waals surface area contributed by atoms with Crippen molar-refractivity contribution in [2.75, 3.05) is 26.2 Å². The molecule has 6 nitrogen and oxygen atoms in total. The van der Waals surface area contributed by atoms with Crippen LogP contribution in [0.4, 0.5) is 0 Å². The zero-order valence-electron chi connectivity index (χ0n) is 17.7. The normalized spacial score (nSPS) is 17.1. The number of fused-ring (bicyclic) bond motifs is 1. The smallest absolute Gasteiger partial charge is 0.253 e. The van der Waals surface area contributed by atoms with E-state index < -0.39 is 0 Å². The van der Waals surface area contributed by atoms with E-state index in [1.807, 2.05) is 36.1 Å². The minimum absolute atomic E-state index is 0.124. The van der Waals surface area contributed by atoms with Gasteiger partial charge in [0, 0.05) is 42.7 Å². The maximum atomic E-state index is 13.0. The van der Waals surface area contributed by atoms with Crippen LogP contribution >= 0.6 is 11.8 Å². The number of amides is 1.